The second-order valence-electron chi connectivity index (χ2n) is 5.96. The summed E-state index contributed by atoms with van der Waals surface area (Å²) in [7, 11) is 1.65. The molecule has 0 saturated heterocycles. The molecule has 4 rings (SSSR count). The number of nitrogens with zero attached hydrogens (tertiary/aromatic N) is 1. The van der Waals surface area contributed by atoms with Gasteiger partial charge in [-0.3, -0.25) is 4.79 Å². The number of amides is 1. The van der Waals surface area contributed by atoms with E-state index in [0.717, 1.165) is 45.6 Å². The Morgan fingerprint density at radius 1 is 1.21 bits per heavy atom. The fourth-order valence-corrected chi connectivity index (χ4v) is 3.71. The van der Waals surface area contributed by atoms with Crippen LogP contribution >= 0.6 is 11.6 Å². The third-order valence-corrected chi connectivity index (χ3v) is 4.83. The molecule has 0 fully saturated rings. The van der Waals surface area contributed by atoms with Crippen molar-refractivity contribution in [1.82, 2.24) is 9.88 Å². The third-order valence-electron chi connectivity index (χ3n) is 4.61. The van der Waals surface area contributed by atoms with Crippen LogP contribution in [0.25, 0.3) is 22.0 Å². The van der Waals surface area contributed by atoms with Crippen LogP contribution in [0.5, 0.6) is 5.75 Å². The van der Waals surface area contributed by atoms with Crippen LogP contribution in [0, 0.1) is 6.92 Å². The Bertz CT molecular complexity index is 958. The third kappa shape index (κ3) is 2.18. The molecule has 2 heterocycles. The lowest BCUT2D eigenvalue weighted by Gasteiger charge is -2.18. The van der Waals surface area contributed by atoms with Crippen molar-refractivity contribution in [3.8, 4) is 16.9 Å². The molecule has 1 aliphatic rings. The highest BCUT2D eigenvalue weighted by molar-refractivity contribution is 6.32. The monoisotopic (exact) mass is 340 g/mol. The number of halogens is 1. The lowest BCUT2D eigenvalue weighted by molar-refractivity contribution is 0.0928. The van der Waals surface area contributed by atoms with Crippen LogP contribution in [0.3, 0.4) is 0 Å². The number of fused-ring (bicyclic) bond motifs is 3. The summed E-state index contributed by atoms with van der Waals surface area (Å²) in [5, 5.41) is 4.61. The van der Waals surface area contributed by atoms with E-state index in [9.17, 15) is 4.79 Å². The molecule has 122 valence electrons. The van der Waals surface area contributed by atoms with Crippen molar-refractivity contribution in [1.29, 1.82) is 0 Å². The minimum Gasteiger partial charge on any atom is -0.497 e. The summed E-state index contributed by atoms with van der Waals surface area (Å²) in [5.41, 5.74) is 4.85. The van der Waals surface area contributed by atoms with E-state index in [1.807, 2.05) is 43.3 Å². The van der Waals surface area contributed by atoms with E-state index in [2.05, 4.69) is 9.88 Å². The van der Waals surface area contributed by atoms with E-state index in [1.165, 1.54) is 0 Å². The minimum atomic E-state index is -0.0215. The fraction of sp³-hybridized carbons (Fsp3) is 0.211. The highest BCUT2D eigenvalue weighted by Crippen LogP contribution is 2.37. The molecular weight excluding hydrogens is 324 g/mol. The maximum absolute atomic E-state index is 12.3. The summed E-state index contributed by atoms with van der Waals surface area (Å²) >= 11 is 6.37. The number of aryl methyl sites for hydroxylation is 1. The average molecular weight is 341 g/mol. The molecule has 0 aliphatic carbocycles. The van der Waals surface area contributed by atoms with Crippen molar-refractivity contribution in [2.24, 2.45) is 0 Å². The van der Waals surface area contributed by atoms with Crippen LogP contribution in [0.1, 0.15) is 16.1 Å². The molecule has 0 spiro atoms. The molecule has 1 aromatic heterocycles. The zero-order valence-corrected chi connectivity index (χ0v) is 14.3. The van der Waals surface area contributed by atoms with Crippen molar-refractivity contribution in [3.05, 3.63) is 52.7 Å². The van der Waals surface area contributed by atoms with Crippen LogP contribution in [0.4, 0.5) is 0 Å². The Morgan fingerprint density at radius 3 is 2.67 bits per heavy atom. The average Bonchev–Trinajstić information content (AvgIpc) is 2.88. The first-order valence-electron chi connectivity index (χ1n) is 7.85. The van der Waals surface area contributed by atoms with Gasteiger partial charge in [0.15, 0.2) is 0 Å². The minimum absolute atomic E-state index is 0.0215. The van der Waals surface area contributed by atoms with Crippen molar-refractivity contribution in [2.45, 2.75) is 13.5 Å². The highest BCUT2D eigenvalue weighted by Gasteiger charge is 2.25. The van der Waals surface area contributed by atoms with Crippen molar-refractivity contribution in [3.63, 3.8) is 0 Å². The van der Waals surface area contributed by atoms with E-state index in [0.29, 0.717) is 11.6 Å². The molecule has 1 amide bonds. The highest BCUT2D eigenvalue weighted by atomic mass is 35.5. The van der Waals surface area contributed by atoms with Gasteiger partial charge in [0.2, 0.25) is 0 Å². The number of carbonyl (C=O) groups excluding carboxylic acids is 1. The Hall–Kier alpha value is -2.46. The molecule has 24 heavy (non-hydrogen) atoms. The predicted octanol–water partition coefficient (Wildman–Crippen LogP) is 4.02. The molecule has 0 atom stereocenters. The number of hydrogen-bond donors (Lipinski definition) is 1. The van der Waals surface area contributed by atoms with Crippen LogP contribution in [0.2, 0.25) is 5.02 Å². The molecule has 3 aromatic rings. The molecule has 0 saturated carbocycles. The molecule has 1 N–H and O–H groups in total. The van der Waals surface area contributed by atoms with Gasteiger partial charge < -0.3 is 14.6 Å². The summed E-state index contributed by atoms with van der Waals surface area (Å²) in [5.74, 6) is 0.788. The SMILES string of the molecule is COc1ccc(-c2cc(Cl)cc3c(C)c4n(c23)CCNC4=O)cc1. The maximum atomic E-state index is 12.3. The van der Waals surface area contributed by atoms with Crippen LogP contribution in [0.15, 0.2) is 36.4 Å². The Kier molecular flexibility index (Phi) is 3.50. The molecule has 2 aromatic carbocycles. The number of aromatic nitrogens is 1. The number of hydrogen-bond acceptors (Lipinski definition) is 2. The van der Waals surface area contributed by atoms with E-state index in [4.69, 9.17) is 16.3 Å². The first kappa shape index (κ1) is 15.1. The number of benzene rings is 2. The van der Waals surface area contributed by atoms with Crippen LogP contribution in [-0.2, 0) is 6.54 Å². The number of methoxy groups -OCH3 is 1. The zero-order chi connectivity index (χ0) is 16.8. The van der Waals surface area contributed by atoms with Gasteiger partial charge in [-0.1, -0.05) is 23.7 Å². The first-order valence-corrected chi connectivity index (χ1v) is 8.23. The number of nitrogens with one attached hydrogen (secondary N) is 1. The molecule has 4 nitrogen and oxygen atoms in total. The van der Waals surface area contributed by atoms with Crippen LogP contribution < -0.4 is 10.1 Å². The maximum Gasteiger partial charge on any atom is 0.268 e. The lowest BCUT2D eigenvalue weighted by atomic mass is 10.0. The summed E-state index contributed by atoms with van der Waals surface area (Å²) in [6.45, 7) is 3.38. The van der Waals surface area contributed by atoms with Crippen molar-refractivity contribution >= 4 is 28.4 Å². The smallest absolute Gasteiger partial charge is 0.268 e. The van der Waals surface area contributed by atoms with E-state index < -0.39 is 0 Å². The predicted molar refractivity (Wildman–Crippen MR) is 96.0 cm³/mol. The Morgan fingerprint density at radius 2 is 1.96 bits per heavy atom. The van der Waals surface area contributed by atoms with E-state index >= 15 is 0 Å². The van der Waals surface area contributed by atoms with Gasteiger partial charge in [-0.05, 0) is 42.3 Å². The molecule has 0 radical (unpaired) electrons. The zero-order valence-electron chi connectivity index (χ0n) is 13.5. The molecule has 0 unspecified atom stereocenters. The van der Waals surface area contributed by atoms with Gasteiger partial charge in [-0.25, -0.2) is 0 Å². The summed E-state index contributed by atoms with van der Waals surface area (Å²) in [4.78, 5) is 12.3. The Labute approximate surface area is 145 Å². The van der Waals surface area contributed by atoms with Gasteiger partial charge in [0.05, 0.1) is 12.6 Å². The molecule has 5 heteroatoms. The molecule has 1 aliphatic heterocycles. The summed E-state index contributed by atoms with van der Waals surface area (Å²) in [6.07, 6.45) is 0. The topological polar surface area (TPSA) is 43.3 Å². The summed E-state index contributed by atoms with van der Waals surface area (Å²) < 4.78 is 7.35. The quantitative estimate of drug-likeness (QED) is 0.765. The fourth-order valence-electron chi connectivity index (χ4n) is 3.49. The lowest BCUT2D eigenvalue weighted by Crippen LogP contribution is -2.35. The number of carbonyl (C=O) groups is 1. The van der Waals surface area contributed by atoms with Gasteiger partial charge in [0.1, 0.15) is 11.4 Å². The van der Waals surface area contributed by atoms with Gasteiger partial charge in [-0.15, -0.1) is 0 Å². The molecular formula is C19H17ClN2O2. The summed E-state index contributed by atoms with van der Waals surface area (Å²) in [6, 6.07) is 11.8. The first-order chi connectivity index (χ1) is 11.6. The second-order valence-corrected chi connectivity index (χ2v) is 6.40. The van der Waals surface area contributed by atoms with E-state index in [-0.39, 0.29) is 5.91 Å². The second kappa shape index (κ2) is 5.56. The molecule has 0 bridgehead atoms. The van der Waals surface area contributed by atoms with Gasteiger partial charge in [-0.2, -0.15) is 0 Å². The van der Waals surface area contributed by atoms with E-state index in [1.54, 1.807) is 7.11 Å². The number of rotatable bonds is 2. The Balaban J connectivity index is 2.04. The van der Waals surface area contributed by atoms with Crippen molar-refractivity contribution in [2.75, 3.05) is 13.7 Å². The normalized spacial score (nSPS) is 13.7. The van der Waals surface area contributed by atoms with Crippen LogP contribution in [-0.4, -0.2) is 24.1 Å². The number of ether oxygens (including phenoxy) is 1. The standard InChI is InChI=1S/C19H17ClN2O2/c1-11-15-9-13(20)10-16(12-3-5-14(24-2)6-4-12)18(15)22-8-7-21-19(23)17(11)22/h3-6,9-10H,7-8H2,1-2H3,(H,21,23). The van der Waals surface area contributed by atoms with Gasteiger partial charge in [0.25, 0.3) is 5.91 Å². The largest absolute Gasteiger partial charge is 0.497 e. The van der Waals surface area contributed by atoms with Gasteiger partial charge in [0, 0.05) is 29.1 Å². The van der Waals surface area contributed by atoms with Crippen molar-refractivity contribution < 1.29 is 9.53 Å². The van der Waals surface area contributed by atoms with Gasteiger partial charge >= 0.3 is 0 Å².